The summed E-state index contributed by atoms with van der Waals surface area (Å²) in [5, 5.41) is 22.5. The lowest BCUT2D eigenvalue weighted by Crippen LogP contribution is -2.70. The average Bonchev–Trinajstić information content (AvgIpc) is 2.96. The molecule has 6 nitrogen and oxygen atoms in total. The highest BCUT2D eigenvalue weighted by Gasteiger charge is 2.75. The molecule has 31 heavy (non-hydrogen) atoms. The van der Waals surface area contributed by atoms with E-state index >= 15 is 8.78 Å². The molecule has 0 aromatic carbocycles. The van der Waals surface area contributed by atoms with E-state index in [-0.39, 0.29) is 31.3 Å². The molecule has 8 heteroatoms. The van der Waals surface area contributed by atoms with Gasteiger partial charge < -0.3 is 14.9 Å². The van der Waals surface area contributed by atoms with Crippen LogP contribution in [0.3, 0.4) is 0 Å². The van der Waals surface area contributed by atoms with E-state index in [1.54, 1.807) is 6.92 Å². The highest BCUT2D eigenvalue weighted by molar-refractivity contribution is 6.01. The second-order valence-electron chi connectivity index (χ2n) is 9.96. The van der Waals surface area contributed by atoms with Crippen molar-refractivity contribution < 1.29 is 38.1 Å². The summed E-state index contributed by atoms with van der Waals surface area (Å²) in [6.07, 6.45) is 0.327. The number of rotatable bonds is 3. The minimum atomic E-state index is -2.26. The number of aliphatic hydroxyl groups is 2. The van der Waals surface area contributed by atoms with E-state index in [9.17, 15) is 24.6 Å². The number of aliphatic hydroxyl groups excluding tert-OH is 1. The smallest absolute Gasteiger partial charge is 0.303 e. The fourth-order valence-corrected chi connectivity index (χ4v) is 6.95. The summed E-state index contributed by atoms with van der Waals surface area (Å²) in [6, 6.07) is 0. The summed E-state index contributed by atoms with van der Waals surface area (Å²) in [5.41, 5.74) is -6.87. The van der Waals surface area contributed by atoms with Gasteiger partial charge in [-0.1, -0.05) is 13.0 Å². The molecule has 0 spiro atoms. The molecule has 0 aromatic rings. The predicted octanol–water partition coefficient (Wildman–Crippen LogP) is 2.17. The zero-order valence-electron chi connectivity index (χ0n) is 17.9. The Kier molecular flexibility index (Phi) is 4.87. The molecule has 0 radical (unpaired) electrons. The molecule has 4 rings (SSSR count). The van der Waals surface area contributed by atoms with Gasteiger partial charge in [0, 0.05) is 23.7 Å². The lowest BCUT2D eigenvalue weighted by molar-refractivity contribution is -0.222. The van der Waals surface area contributed by atoms with Crippen LogP contribution in [0.2, 0.25) is 0 Å². The van der Waals surface area contributed by atoms with Crippen molar-refractivity contribution in [3.05, 3.63) is 23.8 Å². The third-order valence-electron chi connectivity index (χ3n) is 8.65. The van der Waals surface area contributed by atoms with Crippen molar-refractivity contribution >= 4 is 17.5 Å². The van der Waals surface area contributed by atoms with E-state index in [2.05, 4.69) is 0 Å². The van der Waals surface area contributed by atoms with Gasteiger partial charge in [-0.05, 0) is 56.3 Å². The lowest BCUT2D eigenvalue weighted by Gasteiger charge is -2.63. The first kappa shape index (κ1) is 22.3. The van der Waals surface area contributed by atoms with Crippen LogP contribution in [0, 0.1) is 22.7 Å². The molecule has 0 amide bonds. The first-order valence-corrected chi connectivity index (χ1v) is 10.7. The predicted molar refractivity (Wildman–Crippen MR) is 105 cm³/mol. The van der Waals surface area contributed by atoms with E-state index in [0.717, 1.165) is 13.0 Å². The third-order valence-corrected chi connectivity index (χ3v) is 8.65. The first-order chi connectivity index (χ1) is 14.3. The van der Waals surface area contributed by atoms with Crippen molar-refractivity contribution in [2.24, 2.45) is 22.7 Å². The first-order valence-electron chi connectivity index (χ1n) is 10.7. The van der Waals surface area contributed by atoms with Crippen molar-refractivity contribution in [3.8, 4) is 0 Å². The van der Waals surface area contributed by atoms with Crippen LogP contribution in [0.15, 0.2) is 23.8 Å². The summed E-state index contributed by atoms with van der Waals surface area (Å²) >= 11 is 0. The highest BCUT2D eigenvalue weighted by atomic mass is 19.1. The number of ketones is 2. The molecule has 5 unspecified atom stereocenters. The number of carbonyl (C=O) groups is 3. The van der Waals surface area contributed by atoms with Gasteiger partial charge in [0.05, 0.1) is 6.10 Å². The molecule has 0 aromatic heterocycles. The number of hydrogen-bond acceptors (Lipinski definition) is 6. The lowest BCUT2D eigenvalue weighted by atomic mass is 9.44. The topological polar surface area (TPSA) is 101 Å². The minimum absolute atomic E-state index is 0.0122. The molecule has 0 bridgehead atoms. The quantitative estimate of drug-likeness (QED) is 0.655. The second kappa shape index (κ2) is 6.78. The van der Waals surface area contributed by atoms with Crippen LogP contribution in [0.25, 0.3) is 0 Å². The van der Waals surface area contributed by atoms with Gasteiger partial charge >= 0.3 is 5.97 Å². The zero-order valence-corrected chi connectivity index (χ0v) is 17.9. The largest absolute Gasteiger partial charge is 0.458 e. The molecule has 8 atom stereocenters. The highest BCUT2D eigenvalue weighted by Crippen LogP contribution is 2.70. The third kappa shape index (κ3) is 2.70. The van der Waals surface area contributed by atoms with E-state index in [0.29, 0.717) is 0 Å². The van der Waals surface area contributed by atoms with Gasteiger partial charge in [-0.2, -0.15) is 0 Å². The summed E-state index contributed by atoms with van der Waals surface area (Å²) < 4.78 is 36.9. The summed E-state index contributed by atoms with van der Waals surface area (Å²) in [6.45, 7) is 3.66. The van der Waals surface area contributed by atoms with Gasteiger partial charge in [0.15, 0.2) is 18.1 Å². The van der Waals surface area contributed by atoms with Gasteiger partial charge in [0.1, 0.15) is 11.8 Å². The zero-order chi connectivity index (χ0) is 23.0. The Morgan fingerprint density at radius 1 is 1.29 bits per heavy atom. The molecular formula is C23H28F2O6. The van der Waals surface area contributed by atoms with E-state index < -0.39 is 70.4 Å². The van der Waals surface area contributed by atoms with Crippen LogP contribution < -0.4 is 0 Å². The van der Waals surface area contributed by atoms with Crippen LogP contribution in [0.1, 0.15) is 46.5 Å². The Morgan fingerprint density at radius 2 is 1.97 bits per heavy atom. The molecule has 0 aliphatic heterocycles. The maximum Gasteiger partial charge on any atom is 0.303 e. The van der Waals surface area contributed by atoms with Gasteiger partial charge in [0.2, 0.25) is 5.78 Å². The molecule has 4 aliphatic carbocycles. The van der Waals surface area contributed by atoms with Gasteiger partial charge in [0.25, 0.3) is 0 Å². The standard InChI is InChI=1S/C23H28F2O6/c1-12(26)31-11-19(29)22(30)7-5-14-15-9-17(24)16-8-13(27)4-6-20(16,2)23(15,25)18(28)10-21(14,22)3/h4,6,8,14-15,17-18,28,30H,5,7,9-11H2,1-3H3/t14?,15?,17-,18?,20?,21?,22-,23-/m0/s1. The number of allylic oxidation sites excluding steroid dienone is 4. The summed E-state index contributed by atoms with van der Waals surface area (Å²) in [5.74, 6) is -3.32. The van der Waals surface area contributed by atoms with Gasteiger partial charge in [-0.25, -0.2) is 8.78 Å². The van der Waals surface area contributed by atoms with E-state index in [1.165, 1.54) is 19.1 Å². The number of alkyl halides is 2. The molecule has 170 valence electrons. The molecule has 0 heterocycles. The molecule has 2 N–H and O–H groups in total. The summed E-state index contributed by atoms with van der Waals surface area (Å²) in [7, 11) is 0. The Labute approximate surface area is 179 Å². The Hall–Kier alpha value is -1.93. The van der Waals surface area contributed by atoms with Crippen LogP contribution in [0.5, 0.6) is 0 Å². The van der Waals surface area contributed by atoms with Gasteiger partial charge in [-0.3, -0.25) is 14.4 Å². The Bertz CT molecular complexity index is 914. The molecule has 3 fully saturated rings. The Morgan fingerprint density at radius 3 is 2.61 bits per heavy atom. The molecular weight excluding hydrogens is 410 g/mol. The molecule has 3 saturated carbocycles. The summed E-state index contributed by atoms with van der Waals surface area (Å²) in [4.78, 5) is 35.8. The number of esters is 1. The van der Waals surface area contributed by atoms with Crippen LogP contribution in [-0.4, -0.2) is 57.9 Å². The van der Waals surface area contributed by atoms with Crippen molar-refractivity contribution in [2.45, 2.75) is 70.0 Å². The number of fused-ring (bicyclic) bond motifs is 5. The number of ether oxygens (including phenoxy) is 1. The van der Waals surface area contributed by atoms with Crippen LogP contribution in [-0.2, 0) is 19.1 Å². The average molecular weight is 438 g/mol. The van der Waals surface area contributed by atoms with Crippen molar-refractivity contribution in [2.75, 3.05) is 6.61 Å². The Balaban J connectivity index is 1.75. The van der Waals surface area contributed by atoms with E-state index in [1.807, 2.05) is 0 Å². The van der Waals surface area contributed by atoms with Crippen LogP contribution in [0.4, 0.5) is 8.78 Å². The maximum absolute atomic E-state index is 16.9. The number of hydrogen-bond donors (Lipinski definition) is 2. The maximum atomic E-state index is 16.9. The normalized spacial score (nSPS) is 48.4. The monoisotopic (exact) mass is 438 g/mol. The van der Waals surface area contributed by atoms with E-state index in [4.69, 9.17) is 4.74 Å². The fraction of sp³-hybridized carbons (Fsp3) is 0.696. The molecule has 0 saturated heterocycles. The minimum Gasteiger partial charge on any atom is -0.458 e. The van der Waals surface area contributed by atoms with Crippen molar-refractivity contribution in [3.63, 3.8) is 0 Å². The molecule has 4 aliphatic rings. The SMILES string of the molecule is CC(=O)OCC(=O)[C@@]1(O)CCC2C3C[C@H](F)C4=CC(=O)C=CC4(C)[C@@]3(F)C(O)CC21C. The fourth-order valence-electron chi connectivity index (χ4n) is 6.95. The number of Topliss-reactive ketones (excluding diaryl/α,β-unsaturated/α-hetero) is 1. The number of halogens is 2. The second-order valence-corrected chi connectivity index (χ2v) is 9.96. The van der Waals surface area contributed by atoms with Gasteiger partial charge in [-0.15, -0.1) is 0 Å². The van der Waals surface area contributed by atoms with Crippen molar-refractivity contribution in [1.29, 1.82) is 0 Å². The van der Waals surface area contributed by atoms with Crippen molar-refractivity contribution in [1.82, 2.24) is 0 Å². The van der Waals surface area contributed by atoms with Crippen LogP contribution >= 0.6 is 0 Å². The number of carbonyl (C=O) groups excluding carboxylic acids is 3.